The lowest BCUT2D eigenvalue weighted by Gasteiger charge is -2.23. The van der Waals surface area contributed by atoms with Crippen molar-refractivity contribution < 1.29 is 9.84 Å². The minimum absolute atomic E-state index is 0.370. The highest BCUT2D eigenvalue weighted by Crippen LogP contribution is 2.36. The Bertz CT molecular complexity index is 354. The molecule has 1 N–H and O–H groups in total. The Morgan fingerprint density at radius 1 is 1.17 bits per heavy atom. The van der Waals surface area contributed by atoms with Crippen LogP contribution in [-0.4, -0.2) is 11.7 Å². The van der Waals surface area contributed by atoms with Gasteiger partial charge in [0.2, 0.25) is 0 Å². The number of hydrogen-bond acceptors (Lipinski definition) is 2. The fraction of sp³-hybridized carbons (Fsp3) is 0.625. The van der Waals surface area contributed by atoms with E-state index < -0.39 is 0 Å². The molecule has 0 amide bonds. The van der Waals surface area contributed by atoms with E-state index in [0.29, 0.717) is 12.5 Å². The maximum absolute atomic E-state index is 10.6. The van der Waals surface area contributed by atoms with Gasteiger partial charge in [0.15, 0.2) is 0 Å². The fourth-order valence-corrected chi connectivity index (χ4v) is 2.89. The summed E-state index contributed by atoms with van der Waals surface area (Å²) in [5.41, 5.74) is 0.964. The van der Waals surface area contributed by atoms with Crippen LogP contribution in [-0.2, 0) is 0 Å². The molecule has 0 aliphatic heterocycles. The summed E-state index contributed by atoms with van der Waals surface area (Å²) < 4.78 is 5.62. The molecule has 1 aromatic carbocycles. The summed E-state index contributed by atoms with van der Waals surface area (Å²) in [6.45, 7) is 2.63. The molecule has 1 unspecified atom stereocenters. The molecule has 1 aliphatic rings. The van der Waals surface area contributed by atoms with Crippen LogP contribution in [0.3, 0.4) is 0 Å². The molecule has 0 aromatic heterocycles. The van der Waals surface area contributed by atoms with Gasteiger partial charge in [0.05, 0.1) is 12.7 Å². The Morgan fingerprint density at radius 2 is 1.83 bits per heavy atom. The van der Waals surface area contributed by atoms with Crippen molar-refractivity contribution in [1.29, 1.82) is 0 Å². The molecule has 0 radical (unpaired) electrons. The second-order valence-electron chi connectivity index (χ2n) is 5.17. The van der Waals surface area contributed by atoms with Gasteiger partial charge in [0.1, 0.15) is 5.75 Å². The first-order valence-corrected chi connectivity index (χ1v) is 7.22. The molecule has 1 saturated carbocycles. The summed E-state index contributed by atoms with van der Waals surface area (Å²) in [4.78, 5) is 0. The van der Waals surface area contributed by atoms with Crippen LogP contribution in [0.5, 0.6) is 5.75 Å². The van der Waals surface area contributed by atoms with Gasteiger partial charge in [-0.2, -0.15) is 0 Å². The van der Waals surface area contributed by atoms with E-state index in [-0.39, 0.29) is 6.10 Å². The molecular weight excluding hydrogens is 224 g/mol. The molecule has 0 spiro atoms. The second-order valence-corrected chi connectivity index (χ2v) is 5.17. The molecule has 1 aromatic rings. The first-order chi connectivity index (χ1) is 8.83. The minimum Gasteiger partial charge on any atom is -0.493 e. The molecule has 0 saturated heterocycles. The van der Waals surface area contributed by atoms with Crippen molar-refractivity contribution in [1.82, 2.24) is 0 Å². The molecule has 18 heavy (non-hydrogen) atoms. The smallest absolute Gasteiger partial charge is 0.125 e. The minimum atomic E-state index is -0.370. The predicted octanol–water partition coefficient (Wildman–Crippen LogP) is 4.09. The maximum atomic E-state index is 10.6. The van der Waals surface area contributed by atoms with Gasteiger partial charge in [0.25, 0.3) is 0 Å². The number of benzene rings is 1. The van der Waals surface area contributed by atoms with Gasteiger partial charge in [-0.05, 0) is 31.7 Å². The summed E-state index contributed by atoms with van der Waals surface area (Å²) in [5.74, 6) is 1.24. The van der Waals surface area contributed by atoms with Gasteiger partial charge in [-0.3, -0.25) is 0 Å². The highest BCUT2D eigenvalue weighted by atomic mass is 16.5. The second kappa shape index (κ2) is 6.79. The number of aliphatic hydroxyl groups excluding tert-OH is 1. The zero-order valence-electron chi connectivity index (χ0n) is 11.3. The van der Waals surface area contributed by atoms with Crippen LogP contribution in [0.15, 0.2) is 24.3 Å². The molecule has 1 aliphatic carbocycles. The van der Waals surface area contributed by atoms with E-state index >= 15 is 0 Å². The van der Waals surface area contributed by atoms with Crippen LogP contribution in [0, 0.1) is 5.92 Å². The van der Waals surface area contributed by atoms with Gasteiger partial charge >= 0.3 is 0 Å². The van der Waals surface area contributed by atoms with Crippen LogP contribution in [0.1, 0.15) is 57.1 Å². The van der Waals surface area contributed by atoms with Crippen molar-refractivity contribution >= 4 is 0 Å². The first kappa shape index (κ1) is 13.4. The van der Waals surface area contributed by atoms with E-state index in [4.69, 9.17) is 4.74 Å². The SMILES string of the molecule is CCOc1ccccc1C(O)C1CCCCCC1. The van der Waals surface area contributed by atoms with E-state index in [1.807, 2.05) is 31.2 Å². The average Bonchev–Trinajstić information content (AvgIpc) is 2.68. The standard InChI is InChI=1S/C16H24O2/c1-2-18-15-12-8-7-11-14(15)16(17)13-9-5-3-4-6-10-13/h7-8,11-13,16-17H,2-6,9-10H2,1H3. The largest absolute Gasteiger partial charge is 0.493 e. The number of para-hydroxylation sites is 1. The van der Waals surface area contributed by atoms with Gasteiger partial charge in [-0.1, -0.05) is 43.9 Å². The van der Waals surface area contributed by atoms with Crippen molar-refractivity contribution in [3.05, 3.63) is 29.8 Å². The number of aliphatic hydroxyl groups is 1. The Kier molecular flexibility index (Phi) is 5.06. The lowest BCUT2D eigenvalue weighted by molar-refractivity contribution is 0.0954. The summed E-state index contributed by atoms with van der Waals surface area (Å²) in [6, 6.07) is 7.91. The molecular formula is C16H24O2. The third-order valence-electron chi connectivity index (χ3n) is 3.88. The lowest BCUT2D eigenvalue weighted by atomic mass is 9.89. The summed E-state index contributed by atoms with van der Waals surface area (Å²) in [6.07, 6.45) is 7.04. The average molecular weight is 248 g/mol. The zero-order valence-corrected chi connectivity index (χ0v) is 11.3. The van der Waals surface area contributed by atoms with Gasteiger partial charge in [-0.15, -0.1) is 0 Å². The molecule has 100 valence electrons. The zero-order chi connectivity index (χ0) is 12.8. The van der Waals surface area contributed by atoms with Gasteiger partial charge < -0.3 is 9.84 Å². The third-order valence-corrected chi connectivity index (χ3v) is 3.88. The summed E-state index contributed by atoms with van der Waals surface area (Å²) in [7, 11) is 0. The van der Waals surface area contributed by atoms with Crippen LogP contribution < -0.4 is 4.74 Å². The van der Waals surface area contributed by atoms with Gasteiger partial charge in [-0.25, -0.2) is 0 Å². The normalized spacial score (nSPS) is 19.2. The van der Waals surface area contributed by atoms with E-state index in [2.05, 4.69) is 0 Å². The van der Waals surface area contributed by atoms with Crippen LogP contribution >= 0.6 is 0 Å². The number of hydrogen-bond donors (Lipinski definition) is 1. The van der Waals surface area contributed by atoms with E-state index in [1.54, 1.807) is 0 Å². The number of rotatable bonds is 4. The van der Waals surface area contributed by atoms with E-state index in [1.165, 1.54) is 25.7 Å². The Hall–Kier alpha value is -1.02. The lowest BCUT2D eigenvalue weighted by Crippen LogP contribution is -2.13. The highest BCUT2D eigenvalue weighted by Gasteiger charge is 2.24. The van der Waals surface area contributed by atoms with Crippen molar-refractivity contribution in [3.63, 3.8) is 0 Å². The Balaban J connectivity index is 2.13. The third kappa shape index (κ3) is 3.26. The van der Waals surface area contributed by atoms with Crippen molar-refractivity contribution in [2.24, 2.45) is 5.92 Å². The van der Waals surface area contributed by atoms with Crippen LogP contribution in [0.4, 0.5) is 0 Å². The highest BCUT2D eigenvalue weighted by molar-refractivity contribution is 5.35. The predicted molar refractivity (Wildman–Crippen MR) is 73.8 cm³/mol. The van der Waals surface area contributed by atoms with Crippen LogP contribution in [0.25, 0.3) is 0 Å². The fourth-order valence-electron chi connectivity index (χ4n) is 2.89. The Morgan fingerprint density at radius 3 is 2.50 bits per heavy atom. The van der Waals surface area contributed by atoms with Gasteiger partial charge in [0, 0.05) is 5.56 Å². The molecule has 1 atom stereocenters. The monoisotopic (exact) mass is 248 g/mol. The maximum Gasteiger partial charge on any atom is 0.125 e. The van der Waals surface area contributed by atoms with Crippen LogP contribution in [0.2, 0.25) is 0 Å². The quantitative estimate of drug-likeness (QED) is 0.813. The molecule has 0 bridgehead atoms. The molecule has 1 fully saturated rings. The first-order valence-electron chi connectivity index (χ1n) is 7.22. The van der Waals surface area contributed by atoms with Crippen molar-refractivity contribution in [3.8, 4) is 5.75 Å². The molecule has 2 nitrogen and oxygen atoms in total. The Labute approximate surface area is 110 Å². The molecule has 2 heteroatoms. The van der Waals surface area contributed by atoms with Crippen molar-refractivity contribution in [2.75, 3.05) is 6.61 Å². The van der Waals surface area contributed by atoms with E-state index in [9.17, 15) is 5.11 Å². The van der Waals surface area contributed by atoms with E-state index in [0.717, 1.165) is 24.2 Å². The summed E-state index contributed by atoms with van der Waals surface area (Å²) >= 11 is 0. The number of ether oxygens (including phenoxy) is 1. The topological polar surface area (TPSA) is 29.5 Å². The molecule has 0 heterocycles. The molecule has 2 rings (SSSR count). The summed E-state index contributed by atoms with van der Waals surface area (Å²) in [5, 5.41) is 10.6. The van der Waals surface area contributed by atoms with Crippen molar-refractivity contribution in [2.45, 2.75) is 51.6 Å².